The smallest absolute Gasteiger partial charge is 0.249 e. The summed E-state index contributed by atoms with van der Waals surface area (Å²) in [5, 5.41) is 8.66. The third-order valence-corrected chi connectivity index (χ3v) is 2.63. The van der Waals surface area contributed by atoms with E-state index in [1.165, 1.54) is 4.90 Å². The highest BCUT2D eigenvalue weighted by Gasteiger charge is 2.35. The molecule has 1 unspecified atom stereocenters. The SMILES string of the molecule is Cc1cccc2c1N(CC#N)C(=O)C2N. The summed E-state index contributed by atoms with van der Waals surface area (Å²) >= 11 is 0. The Kier molecular flexibility index (Phi) is 2.18. The molecule has 0 spiro atoms. The normalized spacial score (nSPS) is 18.9. The monoisotopic (exact) mass is 201 g/mol. The van der Waals surface area contributed by atoms with Crippen molar-refractivity contribution in [2.24, 2.45) is 5.73 Å². The maximum atomic E-state index is 11.8. The molecule has 4 heteroatoms. The van der Waals surface area contributed by atoms with Crippen LogP contribution in [0, 0.1) is 18.3 Å². The standard InChI is InChI=1S/C11H11N3O/c1-7-3-2-4-8-9(13)11(15)14(6-5-12)10(7)8/h2-4,9H,6,13H2,1H3. The van der Waals surface area contributed by atoms with E-state index in [9.17, 15) is 4.79 Å². The van der Waals surface area contributed by atoms with Crippen molar-refractivity contribution in [1.29, 1.82) is 5.26 Å². The maximum absolute atomic E-state index is 11.8. The molecule has 0 saturated carbocycles. The molecule has 1 heterocycles. The zero-order valence-corrected chi connectivity index (χ0v) is 8.40. The van der Waals surface area contributed by atoms with Crippen LogP contribution in [0.3, 0.4) is 0 Å². The van der Waals surface area contributed by atoms with E-state index >= 15 is 0 Å². The van der Waals surface area contributed by atoms with E-state index in [0.717, 1.165) is 16.8 Å². The molecule has 0 radical (unpaired) electrons. The van der Waals surface area contributed by atoms with E-state index in [1.54, 1.807) is 0 Å². The third kappa shape index (κ3) is 1.29. The number of anilines is 1. The maximum Gasteiger partial charge on any atom is 0.249 e. The fourth-order valence-corrected chi connectivity index (χ4v) is 1.94. The van der Waals surface area contributed by atoms with Gasteiger partial charge in [0.25, 0.3) is 0 Å². The molecule has 1 aliphatic rings. The number of para-hydroxylation sites is 1. The van der Waals surface area contributed by atoms with Gasteiger partial charge in [0.15, 0.2) is 0 Å². The number of nitriles is 1. The molecule has 0 bridgehead atoms. The van der Waals surface area contributed by atoms with E-state index in [4.69, 9.17) is 11.0 Å². The van der Waals surface area contributed by atoms with E-state index < -0.39 is 6.04 Å². The molecule has 1 atom stereocenters. The molecular weight excluding hydrogens is 190 g/mol. The summed E-state index contributed by atoms with van der Waals surface area (Å²) in [5.41, 5.74) is 8.37. The number of carbonyl (C=O) groups excluding carboxylic acids is 1. The molecule has 2 N–H and O–H groups in total. The molecule has 15 heavy (non-hydrogen) atoms. The number of benzene rings is 1. The molecule has 0 aromatic heterocycles. The highest BCUT2D eigenvalue weighted by atomic mass is 16.2. The van der Waals surface area contributed by atoms with Gasteiger partial charge >= 0.3 is 0 Å². The van der Waals surface area contributed by atoms with Gasteiger partial charge in [-0.15, -0.1) is 0 Å². The first-order chi connectivity index (χ1) is 7.16. The molecule has 4 nitrogen and oxygen atoms in total. The van der Waals surface area contributed by atoms with Crippen molar-refractivity contribution in [2.75, 3.05) is 11.4 Å². The zero-order chi connectivity index (χ0) is 11.0. The quantitative estimate of drug-likeness (QED) is 0.685. The molecule has 0 aliphatic carbocycles. The molecule has 1 aromatic rings. The Labute approximate surface area is 87.9 Å². The van der Waals surface area contributed by atoms with Crippen LogP contribution in [0.25, 0.3) is 0 Å². The number of carbonyl (C=O) groups is 1. The zero-order valence-electron chi connectivity index (χ0n) is 8.40. The van der Waals surface area contributed by atoms with Gasteiger partial charge < -0.3 is 5.73 Å². The number of rotatable bonds is 1. The largest absolute Gasteiger partial charge is 0.316 e. The van der Waals surface area contributed by atoms with Crippen LogP contribution >= 0.6 is 0 Å². The van der Waals surface area contributed by atoms with Crippen molar-refractivity contribution in [1.82, 2.24) is 0 Å². The number of nitrogens with two attached hydrogens (primary N) is 1. The predicted molar refractivity (Wildman–Crippen MR) is 56.1 cm³/mol. The number of hydrogen-bond donors (Lipinski definition) is 1. The average Bonchev–Trinajstić information content (AvgIpc) is 2.46. The number of fused-ring (bicyclic) bond motifs is 1. The van der Waals surface area contributed by atoms with Gasteiger partial charge in [0.05, 0.1) is 11.8 Å². The second kappa shape index (κ2) is 3.37. The Hall–Kier alpha value is -1.86. The highest BCUT2D eigenvalue weighted by molar-refractivity contribution is 6.05. The Balaban J connectivity index is 2.57. The van der Waals surface area contributed by atoms with Gasteiger partial charge in [-0.05, 0) is 12.5 Å². The topological polar surface area (TPSA) is 70.1 Å². The fraction of sp³-hybridized carbons (Fsp3) is 0.273. The Morgan fingerprint density at radius 3 is 3.00 bits per heavy atom. The molecule has 2 rings (SSSR count). The molecule has 0 fully saturated rings. The van der Waals surface area contributed by atoms with Crippen LogP contribution in [0.4, 0.5) is 5.69 Å². The number of nitrogens with zero attached hydrogens (tertiary/aromatic N) is 2. The van der Waals surface area contributed by atoms with Gasteiger partial charge in [0.1, 0.15) is 12.6 Å². The number of amides is 1. The fourth-order valence-electron chi connectivity index (χ4n) is 1.94. The van der Waals surface area contributed by atoms with Crippen molar-refractivity contribution in [3.8, 4) is 6.07 Å². The van der Waals surface area contributed by atoms with Gasteiger partial charge in [0, 0.05) is 5.56 Å². The molecule has 0 saturated heterocycles. The molecule has 1 amide bonds. The van der Waals surface area contributed by atoms with E-state index in [2.05, 4.69) is 0 Å². The van der Waals surface area contributed by atoms with E-state index in [-0.39, 0.29) is 12.5 Å². The minimum absolute atomic E-state index is 0.0599. The molecule has 1 aromatic carbocycles. The second-order valence-electron chi connectivity index (χ2n) is 3.57. The van der Waals surface area contributed by atoms with Crippen molar-refractivity contribution < 1.29 is 4.79 Å². The van der Waals surface area contributed by atoms with Crippen molar-refractivity contribution >= 4 is 11.6 Å². The Morgan fingerprint density at radius 2 is 2.33 bits per heavy atom. The summed E-state index contributed by atoms with van der Waals surface area (Å²) in [6.45, 7) is 1.97. The van der Waals surface area contributed by atoms with Crippen LogP contribution in [0.1, 0.15) is 17.2 Å². The van der Waals surface area contributed by atoms with Gasteiger partial charge in [-0.1, -0.05) is 18.2 Å². The van der Waals surface area contributed by atoms with Crippen LogP contribution in [0.15, 0.2) is 18.2 Å². The first-order valence-corrected chi connectivity index (χ1v) is 4.70. The second-order valence-corrected chi connectivity index (χ2v) is 3.57. The van der Waals surface area contributed by atoms with E-state index in [0.29, 0.717) is 0 Å². The van der Waals surface area contributed by atoms with E-state index in [1.807, 2.05) is 31.2 Å². The van der Waals surface area contributed by atoms with Gasteiger partial charge in [0.2, 0.25) is 5.91 Å². The average molecular weight is 201 g/mol. The van der Waals surface area contributed by atoms with Crippen molar-refractivity contribution in [2.45, 2.75) is 13.0 Å². The van der Waals surface area contributed by atoms with Gasteiger partial charge in [-0.2, -0.15) is 5.26 Å². The first kappa shape index (κ1) is 9.69. The summed E-state index contributed by atoms with van der Waals surface area (Å²) < 4.78 is 0. The first-order valence-electron chi connectivity index (χ1n) is 4.70. The minimum atomic E-state index is -0.617. The van der Waals surface area contributed by atoms with Crippen molar-refractivity contribution in [3.05, 3.63) is 29.3 Å². The lowest BCUT2D eigenvalue weighted by Crippen LogP contribution is -2.32. The summed E-state index contributed by atoms with van der Waals surface area (Å²) in [5.74, 6) is -0.194. The highest BCUT2D eigenvalue weighted by Crippen LogP contribution is 2.36. The van der Waals surface area contributed by atoms with Crippen LogP contribution in [0.2, 0.25) is 0 Å². The van der Waals surface area contributed by atoms with Crippen molar-refractivity contribution in [3.63, 3.8) is 0 Å². The lowest BCUT2D eigenvalue weighted by Gasteiger charge is -2.14. The summed E-state index contributed by atoms with van der Waals surface area (Å²) in [6.07, 6.45) is 0. The van der Waals surface area contributed by atoms with Gasteiger partial charge in [-0.25, -0.2) is 0 Å². The minimum Gasteiger partial charge on any atom is -0.316 e. The molecule has 76 valence electrons. The molecule has 1 aliphatic heterocycles. The summed E-state index contributed by atoms with van der Waals surface area (Å²) in [6, 6.07) is 6.98. The van der Waals surface area contributed by atoms with Gasteiger partial charge in [-0.3, -0.25) is 9.69 Å². The Morgan fingerprint density at radius 1 is 1.60 bits per heavy atom. The predicted octanol–water partition coefficient (Wildman–Crippen LogP) is 0.865. The van der Waals surface area contributed by atoms with Crippen LogP contribution in [-0.2, 0) is 4.79 Å². The number of hydrogen-bond acceptors (Lipinski definition) is 3. The van der Waals surface area contributed by atoms with Crippen LogP contribution in [0.5, 0.6) is 0 Å². The molecular formula is C11H11N3O. The number of aryl methyl sites for hydroxylation is 1. The summed E-state index contributed by atoms with van der Waals surface area (Å²) in [7, 11) is 0. The lowest BCUT2D eigenvalue weighted by atomic mass is 10.1. The Bertz CT molecular complexity index is 461. The van der Waals surface area contributed by atoms with Crippen LogP contribution < -0.4 is 10.6 Å². The lowest BCUT2D eigenvalue weighted by molar-refractivity contribution is -0.119. The summed E-state index contributed by atoms with van der Waals surface area (Å²) in [4.78, 5) is 13.2. The third-order valence-electron chi connectivity index (χ3n) is 2.63. The van der Waals surface area contributed by atoms with Crippen LogP contribution in [-0.4, -0.2) is 12.5 Å².